The SMILES string of the molecule is CC(C)CC(NC(=O)[C@@H](O)CCc1ccccc1)C(=O)N[C@@H](Cc1ccccc1)C(=O)OCc1ccccc1. The predicted molar refractivity (Wildman–Crippen MR) is 150 cm³/mol. The van der Waals surface area contributed by atoms with Gasteiger partial charge in [0.25, 0.3) is 0 Å². The number of esters is 1. The molecule has 7 heteroatoms. The summed E-state index contributed by atoms with van der Waals surface area (Å²) in [5.74, 6) is -1.59. The third-order valence-electron chi connectivity index (χ3n) is 6.30. The molecule has 0 spiro atoms. The summed E-state index contributed by atoms with van der Waals surface area (Å²) in [7, 11) is 0. The average Bonchev–Trinajstić information content (AvgIpc) is 2.95. The number of benzene rings is 3. The molecule has 7 nitrogen and oxygen atoms in total. The molecule has 0 aromatic heterocycles. The molecule has 2 amide bonds. The first-order chi connectivity index (χ1) is 18.8. The molecule has 3 aromatic carbocycles. The van der Waals surface area contributed by atoms with Crippen LogP contribution in [-0.2, 0) is 38.6 Å². The zero-order valence-corrected chi connectivity index (χ0v) is 22.6. The van der Waals surface area contributed by atoms with E-state index in [-0.39, 0.29) is 25.4 Å². The Labute approximate surface area is 230 Å². The van der Waals surface area contributed by atoms with Crippen LogP contribution in [0.2, 0.25) is 0 Å². The van der Waals surface area contributed by atoms with E-state index in [1.165, 1.54) is 0 Å². The molecule has 0 aliphatic heterocycles. The Morgan fingerprint density at radius 1 is 0.718 bits per heavy atom. The van der Waals surface area contributed by atoms with E-state index in [0.29, 0.717) is 12.8 Å². The molecule has 3 N–H and O–H groups in total. The maximum absolute atomic E-state index is 13.4. The van der Waals surface area contributed by atoms with Crippen LogP contribution in [0.4, 0.5) is 0 Å². The van der Waals surface area contributed by atoms with Crippen molar-refractivity contribution in [3.63, 3.8) is 0 Å². The first-order valence-electron chi connectivity index (χ1n) is 13.4. The van der Waals surface area contributed by atoms with Crippen molar-refractivity contribution in [2.24, 2.45) is 5.92 Å². The van der Waals surface area contributed by atoms with Crippen molar-refractivity contribution in [2.75, 3.05) is 0 Å². The lowest BCUT2D eigenvalue weighted by atomic mass is 10.0. The first kappa shape index (κ1) is 29.6. The molecule has 0 heterocycles. The van der Waals surface area contributed by atoms with Gasteiger partial charge in [-0.15, -0.1) is 0 Å². The van der Waals surface area contributed by atoms with E-state index in [1.54, 1.807) is 0 Å². The van der Waals surface area contributed by atoms with Crippen LogP contribution in [0.15, 0.2) is 91.0 Å². The van der Waals surface area contributed by atoms with Crippen molar-refractivity contribution < 1.29 is 24.2 Å². The Morgan fingerprint density at radius 2 is 1.23 bits per heavy atom. The smallest absolute Gasteiger partial charge is 0.329 e. The maximum atomic E-state index is 13.4. The number of carbonyl (C=O) groups excluding carboxylic acids is 3. The van der Waals surface area contributed by atoms with Gasteiger partial charge in [-0.1, -0.05) is 105 Å². The quantitative estimate of drug-likeness (QED) is 0.274. The third kappa shape index (κ3) is 10.4. The van der Waals surface area contributed by atoms with E-state index < -0.39 is 36.0 Å². The Kier molecular flexibility index (Phi) is 11.7. The maximum Gasteiger partial charge on any atom is 0.329 e. The largest absolute Gasteiger partial charge is 0.459 e. The van der Waals surface area contributed by atoms with Gasteiger partial charge in [0.15, 0.2) is 0 Å². The van der Waals surface area contributed by atoms with Crippen molar-refractivity contribution in [2.45, 2.75) is 64.3 Å². The number of aryl methyl sites for hydroxylation is 1. The molecule has 206 valence electrons. The van der Waals surface area contributed by atoms with E-state index >= 15 is 0 Å². The molecule has 0 bridgehead atoms. The monoisotopic (exact) mass is 530 g/mol. The van der Waals surface area contributed by atoms with Gasteiger partial charge in [-0.25, -0.2) is 4.79 Å². The van der Waals surface area contributed by atoms with Gasteiger partial charge in [0.2, 0.25) is 11.8 Å². The number of rotatable bonds is 14. The van der Waals surface area contributed by atoms with Crippen LogP contribution in [0.1, 0.15) is 43.4 Å². The highest BCUT2D eigenvalue weighted by Crippen LogP contribution is 2.11. The summed E-state index contributed by atoms with van der Waals surface area (Å²) in [6, 6.07) is 26.4. The predicted octanol–water partition coefficient (Wildman–Crippen LogP) is 3.98. The van der Waals surface area contributed by atoms with Gasteiger partial charge in [-0.3, -0.25) is 9.59 Å². The van der Waals surface area contributed by atoms with Crippen LogP contribution in [0.25, 0.3) is 0 Å². The molecule has 3 rings (SSSR count). The van der Waals surface area contributed by atoms with Crippen LogP contribution < -0.4 is 10.6 Å². The summed E-state index contributed by atoms with van der Waals surface area (Å²) in [6.07, 6.45) is 0.0862. The number of nitrogens with one attached hydrogen (secondary N) is 2. The fourth-order valence-electron chi connectivity index (χ4n) is 4.19. The minimum atomic E-state index is -1.26. The summed E-state index contributed by atoms with van der Waals surface area (Å²) in [5, 5.41) is 16.0. The second kappa shape index (κ2) is 15.4. The fourth-order valence-corrected chi connectivity index (χ4v) is 4.19. The Balaban J connectivity index is 1.66. The number of amides is 2. The van der Waals surface area contributed by atoms with Gasteiger partial charge in [0.05, 0.1) is 0 Å². The van der Waals surface area contributed by atoms with Gasteiger partial charge in [0.1, 0.15) is 24.8 Å². The minimum absolute atomic E-state index is 0.0834. The zero-order valence-electron chi connectivity index (χ0n) is 22.6. The Morgan fingerprint density at radius 3 is 1.79 bits per heavy atom. The summed E-state index contributed by atoms with van der Waals surface area (Å²) in [5.41, 5.74) is 2.71. The zero-order chi connectivity index (χ0) is 28.0. The summed E-state index contributed by atoms with van der Waals surface area (Å²) < 4.78 is 5.54. The van der Waals surface area contributed by atoms with Gasteiger partial charge in [0, 0.05) is 6.42 Å². The molecule has 3 atom stereocenters. The normalized spacial score (nSPS) is 13.2. The van der Waals surface area contributed by atoms with Gasteiger partial charge >= 0.3 is 5.97 Å². The number of ether oxygens (including phenoxy) is 1. The van der Waals surface area contributed by atoms with E-state index in [2.05, 4.69) is 10.6 Å². The summed E-state index contributed by atoms with van der Waals surface area (Å²) in [4.78, 5) is 39.3. The van der Waals surface area contributed by atoms with Gasteiger partial charge in [-0.05, 0) is 41.9 Å². The first-order valence-corrected chi connectivity index (χ1v) is 13.4. The van der Waals surface area contributed by atoms with Crippen LogP contribution >= 0.6 is 0 Å². The number of aliphatic hydroxyl groups is 1. The van der Waals surface area contributed by atoms with Crippen molar-refractivity contribution in [3.8, 4) is 0 Å². The van der Waals surface area contributed by atoms with Crippen LogP contribution in [-0.4, -0.2) is 41.1 Å². The molecule has 3 aromatic rings. The molecule has 0 aliphatic rings. The van der Waals surface area contributed by atoms with Gasteiger partial charge < -0.3 is 20.5 Å². The molecule has 0 fully saturated rings. The summed E-state index contributed by atoms with van der Waals surface area (Å²) >= 11 is 0. The third-order valence-corrected chi connectivity index (χ3v) is 6.30. The van der Waals surface area contributed by atoms with E-state index in [0.717, 1.165) is 16.7 Å². The number of carbonyl (C=O) groups is 3. The highest BCUT2D eigenvalue weighted by Gasteiger charge is 2.30. The molecule has 1 unspecified atom stereocenters. The van der Waals surface area contributed by atoms with Crippen LogP contribution in [0.5, 0.6) is 0 Å². The lowest BCUT2D eigenvalue weighted by Crippen LogP contribution is -2.54. The number of aliphatic hydroxyl groups excluding tert-OH is 1. The molecular formula is C32H38N2O5. The van der Waals surface area contributed by atoms with Crippen molar-refractivity contribution in [1.82, 2.24) is 10.6 Å². The molecule has 0 aliphatic carbocycles. The molecule has 0 saturated heterocycles. The second-order valence-electron chi connectivity index (χ2n) is 10.1. The highest BCUT2D eigenvalue weighted by atomic mass is 16.5. The fraction of sp³-hybridized carbons (Fsp3) is 0.344. The van der Waals surface area contributed by atoms with Crippen molar-refractivity contribution in [1.29, 1.82) is 0 Å². The Bertz CT molecular complexity index is 1170. The lowest BCUT2D eigenvalue weighted by molar-refractivity contribution is -0.149. The topological polar surface area (TPSA) is 105 Å². The van der Waals surface area contributed by atoms with E-state index in [9.17, 15) is 19.5 Å². The lowest BCUT2D eigenvalue weighted by Gasteiger charge is -2.25. The van der Waals surface area contributed by atoms with Crippen molar-refractivity contribution >= 4 is 17.8 Å². The highest BCUT2D eigenvalue weighted by molar-refractivity contribution is 5.91. The van der Waals surface area contributed by atoms with E-state index in [4.69, 9.17) is 4.74 Å². The Hall–Kier alpha value is -3.97. The number of hydrogen-bond donors (Lipinski definition) is 3. The van der Waals surface area contributed by atoms with E-state index in [1.807, 2.05) is 105 Å². The molecule has 39 heavy (non-hydrogen) atoms. The number of hydrogen-bond acceptors (Lipinski definition) is 5. The summed E-state index contributed by atoms with van der Waals surface area (Å²) in [6.45, 7) is 3.96. The second-order valence-corrected chi connectivity index (χ2v) is 10.1. The van der Waals surface area contributed by atoms with Gasteiger partial charge in [-0.2, -0.15) is 0 Å². The standard InChI is InChI=1S/C32H38N2O5/c1-23(2)20-27(33-31(37)29(35)19-18-24-12-6-3-7-13-24)30(36)34-28(21-25-14-8-4-9-15-25)32(38)39-22-26-16-10-5-11-17-26/h3-17,23,27-29,35H,18-22H2,1-2H3,(H,33,37)(H,34,36)/t27?,28-,29-/m0/s1. The molecule has 0 saturated carbocycles. The average molecular weight is 531 g/mol. The van der Waals surface area contributed by atoms with Crippen molar-refractivity contribution in [3.05, 3.63) is 108 Å². The molecular weight excluding hydrogens is 492 g/mol. The van der Waals surface area contributed by atoms with Crippen LogP contribution in [0.3, 0.4) is 0 Å². The van der Waals surface area contributed by atoms with Crippen LogP contribution in [0, 0.1) is 5.92 Å². The minimum Gasteiger partial charge on any atom is -0.459 e. The molecule has 0 radical (unpaired) electrons.